The Morgan fingerprint density at radius 2 is 1.80 bits per heavy atom. The van der Waals surface area contributed by atoms with E-state index in [1.54, 1.807) is 17.1 Å². The highest BCUT2D eigenvalue weighted by Crippen LogP contribution is 2.34. The van der Waals surface area contributed by atoms with Crippen molar-refractivity contribution in [3.05, 3.63) is 46.5 Å². The third-order valence-electron chi connectivity index (χ3n) is 5.61. The Hall–Kier alpha value is -2.28. The van der Waals surface area contributed by atoms with Gasteiger partial charge in [-0.25, -0.2) is 19.7 Å². The Bertz CT molecular complexity index is 805. The molecule has 2 aliphatic rings. The van der Waals surface area contributed by atoms with Crippen LogP contribution in [0.3, 0.4) is 0 Å². The summed E-state index contributed by atoms with van der Waals surface area (Å²) in [4.78, 5) is 29.2. The van der Waals surface area contributed by atoms with Gasteiger partial charge in [-0.05, 0) is 31.7 Å². The van der Waals surface area contributed by atoms with E-state index in [9.17, 15) is 4.79 Å². The minimum Gasteiger partial charge on any atom is -0.356 e. The lowest BCUT2D eigenvalue weighted by Crippen LogP contribution is -2.33. The molecule has 0 amide bonds. The van der Waals surface area contributed by atoms with Crippen LogP contribution in [0.2, 0.25) is 0 Å². The fourth-order valence-electron chi connectivity index (χ4n) is 4.10. The molecule has 2 atom stereocenters. The number of hydrogen-bond acceptors (Lipinski definition) is 6. The fourth-order valence-corrected chi connectivity index (χ4v) is 4.10. The van der Waals surface area contributed by atoms with Crippen molar-refractivity contribution in [3.8, 4) is 0 Å². The summed E-state index contributed by atoms with van der Waals surface area (Å²) in [6.07, 6.45) is 5.03. The summed E-state index contributed by atoms with van der Waals surface area (Å²) in [7, 11) is 0. The van der Waals surface area contributed by atoms with Gasteiger partial charge in [-0.2, -0.15) is 0 Å². The molecule has 7 nitrogen and oxygen atoms in total. The molecule has 2 aromatic heterocycles. The molecule has 0 saturated carbocycles. The van der Waals surface area contributed by atoms with E-state index in [2.05, 4.69) is 31.7 Å². The second-order valence-corrected chi connectivity index (χ2v) is 7.19. The smallest absolute Gasteiger partial charge is 0.347 e. The van der Waals surface area contributed by atoms with Gasteiger partial charge in [0.25, 0.3) is 0 Å². The first-order chi connectivity index (χ1) is 12.1. The van der Waals surface area contributed by atoms with Crippen molar-refractivity contribution in [2.24, 2.45) is 11.8 Å². The summed E-state index contributed by atoms with van der Waals surface area (Å²) < 4.78 is 1.69. The molecule has 0 aliphatic carbocycles. The van der Waals surface area contributed by atoms with Crippen LogP contribution in [0.15, 0.2) is 29.6 Å². The molecule has 7 heteroatoms. The van der Waals surface area contributed by atoms with Gasteiger partial charge < -0.3 is 9.80 Å². The van der Waals surface area contributed by atoms with Crippen molar-refractivity contribution in [1.82, 2.24) is 24.4 Å². The van der Waals surface area contributed by atoms with Crippen LogP contribution in [-0.4, -0.2) is 57.1 Å². The highest BCUT2D eigenvalue weighted by atomic mass is 16.1. The van der Waals surface area contributed by atoms with Crippen LogP contribution in [0.1, 0.15) is 11.3 Å². The summed E-state index contributed by atoms with van der Waals surface area (Å²) in [5.41, 5.74) is 2.09. The summed E-state index contributed by atoms with van der Waals surface area (Å²) in [5.74, 6) is 2.45. The molecule has 2 unspecified atom stereocenters. The topological polar surface area (TPSA) is 67.2 Å². The predicted octanol–water partition coefficient (Wildman–Crippen LogP) is 0.718. The van der Waals surface area contributed by atoms with Gasteiger partial charge in [0, 0.05) is 62.9 Å². The zero-order valence-electron chi connectivity index (χ0n) is 14.8. The molecule has 0 radical (unpaired) electrons. The van der Waals surface area contributed by atoms with E-state index < -0.39 is 0 Å². The molecule has 2 saturated heterocycles. The van der Waals surface area contributed by atoms with E-state index >= 15 is 0 Å². The standard InChI is InChI=1S/C18H24N6O/c1-13-14(2)20-12-21-17(13)24-10-15-8-22(9-16(15)11-24)6-7-23-5-3-4-19-18(23)25/h3-5,12,15-16H,6-11H2,1-2H3. The molecular formula is C18H24N6O. The van der Waals surface area contributed by atoms with Crippen molar-refractivity contribution in [2.45, 2.75) is 20.4 Å². The van der Waals surface area contributed by atoms with E-state index in [-0.39, 0.29) is 5.69 Å². The summed E-state index contributed by atoms with van der Waals surface area (Å²) in [6, 6.07) is 1.81. The van der Waals surface area contributed by atoms with Crippen LogP contribution in [-0.2, 0) is 6.54 Å². The largest absolute Gasteiger partial charge is 0.356 e. The van der Waals surface area contributed by atoms with Crippen LogP contribution >= 0.6 is 0 Å². The quantitative estimate of drug-likeness (QED) is 0.817. The van der Waals surface area contributed by atoms with Gasteiger partial charge in [-0.3, -0.25) is 4.57 Å². The minimum absolute atomic E-state index is 0.164. The molecule has 25 heavy (non-hydrogen) atoms. The van der Waals surface area contributed by atoms with Gasteiger partial charge >= 0.3 is 5.69 Å². The minimum atomic E-state index is -0.164. The van der Waals surface area contributed by atoms with E-state index in [0.717, 1.165) is 44.2 Å². The number of anilines is 1. The number of nitrogens with zero attached hydrogens (tertiary/aromatic N) is 6. The molecule has 132 valence electrons. The van der Waals surface area contributed by atoms with Crippen molar-refractivity contribution in [1.29, 1.82) is 0 Å². The van der Waals surface area contributed by atoms with Crippen LogP contribution in [0.25, 0.3) is 0 Å². The number of hydrogen-bond donors (Lipinski definition) is 0. The Morgan fingerprint density at radius 3 is 2.52 bits per heavy atom. The second-order valence-electron chi connectivity index (χ2n) is 7.19. The molecule has 4 rings (SSSR count). The first kappa shape index (κ1) is 16.2. The number of aryl methyl sites for hydroxylation is 1. The first-order valence-corrected chi connectivity index (χ1v) is 8.89. The molecule has 2 aliphatic heterocycles. The van der Waals surface area contributed by atoms with Crippen molar-refractivity contribution in [3.63, 3.8) is 0 Å². The second kappa shape index (κ2) is 6.55. The number of likely N-dealkylation sites (tertiary alicyclic amines) is 1. The molecule has 0 aromatic carbocycles. The number of aromatic nitrogens is 4. The van der Waals surface area contributed by atoms with E-state index in [4.69, 9.17) is 0 Å². The molecule has 0 bridgehead atoms. The highest BCUT2D eigenvalue weighted by molar-refractivity contribution is 5.48. The van der Waals surface area contributed by atoms with Gasteiger partial charge in [-0.1, -0.05) is 0 Å². The molecule has 2 aromatic rings. The van der Waals surface area contributed by atoms with E-state index in [1.165, 1.54) is 5.56 Å². The molecule has 0 N–H and O–H groups in total. The summed E-state index contributed by atoms with van der Waals surface area (Å²) >= 11 is 0. The van der Waals surface area contributed by atoms with Gasteiger partial charge in [0.1, 0.15) is 12.1 Å². The van der Waals surface area contributed by atoms with Gasteiger partial charge in [0.2, 0.25) is 0 Å². The first-order valence-electron chi connectivity index (χ1n) is 8.89. The molecule has 2 fully saturated rings. The Labute approximate surface area is 147 Å². The molecule has 4 heterocycles. The predicted molar refractivity (Wildman–Crippen MR) is 95.6 cm³/mol. The average molecular weight is 340 g/mol. The van der Waals surface area contributed by atoms with E-state index in [1.807, 2.05) is 19.2 Å². The van der Waals surface area contributed by atoms with Gasteiger partial charge in [0.05, 0.1) is 0 Å². The highest BCUT2D eigenvalue weighted by Gasteiger charge is 2.40. The maximum Gasteiger partial charge on any atom is 0.347 e. The Kier molecular flexibility index (Phi) is 4.25. The van der Waals surface area contributed by atoms with Crippen LogP contribution < -0.4 is 10.6 Å². The molecular weight excluding hydrogens is 316 g/mol. The van der Waals surface area contributed by atoms with Crippen molar-refractivity contribution < 1.29 is 0 Å². The Morgan fingerprint density at radius 1 is 1.04 bits per heavy atom. The van der Waals surface area contributed by atoms with Gasteiger partial charge in [-0.15, -0.1) is 0 Å². The summed E-state index contributed by atoms with van der Waals surface area (Å²) in [5, 5.41) is 0. The third kappa shape index (κ3) is 3.16. The Balaban J connectivity index is 1.35. The van der Waals surface area contributed by atoms with Crippen LogP contribution in [0.5, 0.6) is 0 Å². The normalized spacial score (nSPS) is 23.2. The van der Waals surface area contributed by atoms with Crippen molar-refractivity contribution >= 4 is 5.82 Å². The lowest BCUT2D eigenvalue weighted by Gasteiger charge is -2.23. The van der Waals surface area contributed by atoms with E-state index in [0.29, 0.717) is 18.4 Å². The number of rotatable bonds is 4. The summed E-state index contributed by atoms with van der Waals surface area (Å²) in [6.45, 7) is 10.1. The van der Waals surface area contributed by atoms with Crippen molar-refractivity contribution in [2.75, 3.05) is 37.6 Å². The number of fused-ring (bicyclic) bond motifs is 1. The van der Waals surface area contributed by atoms with Gasteiger partial charge in [0.15, 0.2) is 0 Å². The zero-order valence-corrected chi connectivity index (χ0v) is 14.8. The third-order valence-corrected chi connectivity index (χ3v) is 5.61. The SMILES string of the molecule is Cc1ncnc(N2CC3CN(CCn4cccnc4=O)CC3C2)c1C. The maximum absolute atomic E-state index is 11.7. The monoisotopic (exact) mass is 340 g/mol. The molecule has 0 spiro atoms. The zero-order chi connectivity index (χ0) is 17.4. The maximum atomic E-state index is 11.7. The average Bonchev–Trinajstić information content (AvgIpc) is 3.15. The lowest BCUT2D eigenvalue weighted by atomic mass is 10.0. The van der Waals surface area contributed by atoms with Crippen LogP contribution in [0.4, 0.5) is 5.82 Å². The van der Waals surface area contributed by atoms with Crippen LogP contribution in [0, 0.1) is 25.7 Å². The lowest BCUT2D eigenvalue weighted by molar-refractivity contribution is 0.300. The fraction of sp³-hybridized carbons (Fsp3) is 0.556.